The van der Waals surface area contributed by atoms with Crippen molar-refractivity contribution in [2.75, 3.05) is 23.1 Å². The van der Waals surface area contributed by atoms with Crippen molar-refractivity contribution in [2.45, 2.75) is 9.79 Å². The molecule has 2 aliphatic rings. The number of carboxylic acid groups (broad SMARTS) is 2. The van der Waals surface area contributed by atoms with Crippen LogP contribution in [0.3, 0.4) is 0 Å². The Balaban J connectivity index is 1.93. The number of carbonyl (C=O) groups is 4. The number of anilines is 2. The highest BCUT2D eigenvalue weighted by molar-refractivity contribution is 8.41. The molecular weight excluding hydrogens is 509 g/mol. The molecule has 158 valence electrons. The Morgan fingerprint density at radius 1 is 0.733 bits per heavy atom. The summed E-state index contributed by atoms with van der Waals surface area (Å²) in [6.07, 6.45) is 4.04. The van der Waals surface area contributed by atoms with E-state index in [1.54, 1.807) is 47.0 Å². The van der Waals surface area contributed by atoms with Gasteiger partial charge in [0.15, 0.2) is 0 Å². The number of rotatable bonds is 4. The maximum Gasteiger partial charge on any atom is 0.394 e. The molecule has 0 atom stereocenters. The molecule has 0 unspecified atom stereocenters. The van der Waals surface area contributed by atoms with Crippen LogP contribution in [0.15, 0.2) is 38.9 Å². The molecule has 0 aliphatic carbocycles. The molecule has 2 aliphatic heterocycles. The van der Waals surface area contributed by atoms with E-state index in [2.05, 4.69) is 10.6 Å². The van der Waals surface area contributed by atoms with E-state index in [4.69, 9.17) is 10.2 Å². The molecule has 0 fully saturated rings. The van der Waals surface area contributed by atoms with Crippen LogP contribution in [0.4, 0.5) is 11.4 Å². The van der Waals surface area contributed by atoms with Crippen molar-refractivity contribution in [2.24, 2.45) is 0 Å². The minimum absolute atomic E-state index is 0.00885. The Kier molecular flexibility index (Phi) is 7.68. The van der Waals surface area contributed by atoms with Gasteiger partial charge in [-0.25, -0.2) is 9.59 Å². The molecule has 1 aromatic rings. The first-order chi connectivity index (χ1) is 14.2. The molecule has 0 saturated carbocycles. The number of carboxylic acids is 2. The second-order valence-corrected chi connectivity index (χ2v) is 12.1. The van der Waals surface area contributed by atoms with Crippen molar-refractivity contribution in [3.63, 3.8) is 0 Å². The van der Waals surface area contributed by atoms with Crippen molar-refractivity contribution in [3.8, 4) is 0 Å². The van der Waals surface area contributed by atoms with Crippen molar-refractivity contribution >= 4 is 106 Å². The lowest BCUT2D eigenvalue weighted by atomic mass is 10.2. The molecule has 14 heteroatoms. The van der Waals surface area contributed by atoms with Gasteiger partial charge in [0.1, 0.15) is 0 Å². The molecule has 2 heterocycles. The van der Waals surface area contributed by atoms with Crippen LogP contribution < -0.4 is 10.6 Å². The normalized spacial score (nSPS) is 15.3. The van der Waals surface area contributed by atoms with E-state index < -0.39 is 23.8 Å². The van der Waals surface area contributed by atoms with Gasteiger partial charge < -0.3 is 20.8 Å². The molecule has 0 saturated heterocycles. The fraction of sp³-hybridized carbons (Fsp3) is 0.125. The molecule has 0 aromatic heterocycles. The maximum atomic E-state index is 11.6. The van der Waals surface area contributed by atoms with Gasteiger partial charge in [-0.15, -0.1) is 23.5 Å². The Bertz CT molecular complexity index is 960. The summed E-state index contributed by atoms with van der Waals surface area (Å²) < 4.78 is 4.57. The number of amides is 2. The van der Waals surface area contributed by atoms with E-state index in [0.29, 0.717) is 0 Å². The first-order valence-electron chi connectivity index (χ1n) is 7.78. The van der Waals surface area contributed by atoms with E-state index in [-0.39, 0.29) is 11.4 Å². The number of hydrogen-bond acceptors (Lipinski definition) is 10. The number of carbonyl (C=O) groups excluding carboxylic acids is 2. The third-order valence-electron chi connectivity index (χ3n) is 3.45. The van der Waals surface area contributed by atoms with E-state index >= 15 is 0 Å². The van der Waals surface area contributed by atoms with Crippen LogP contribution in [0.25, 0.3) is 0 Å². The Labute approximate surface area is 196 Å². The molecular formula is C16H12N2O6S6. The zero-order valence-corrected chi connectivity index (χ0v) is 20.0. The van der Waals surface area contributed by atoms with Crippen molar-refractivity contribution in [1.29, 1.82) is 0 Å². The standard InChI is InChI=1S/C16H12N2O6S6/c1-25-13-14(26-2)30-16(29-13)15-27-7-3-5(17-9(19)11(21)22)6(4-8(7)28-15)18-10(20)12(23)24/h3-4H,1-2H3,(H,17,19)(H,18,20)(H,21,22)(H,23,24). The van der Waals surface area contributed by atoms with Crippen LogP contribution in [0.5, 0.6) is 0 Å². The first-order valence-corrected chi connectivity index (χ1v) is 13.5. The van der Waals surface area contributed by atoms with Gasteiger partial charge in [-0.1, -0.05) is 47.0 Å². The third-order valence-corrected chi connectivity index (χ3v) is 11.7. The van der Waals surface area contributed by atoms with Gasteiger partial charge in [0, 0.05) is 9.79 Å². The summed E-state index contributed by atoms with van der Waals surface area (Å²) in [7, 11) is 0. The average Bonchev–Trinajstić information content (AvgIpc) is 3.30. The van der Waals surface area contributed by atoms with Crippen LogP contribution in [0, 0.1) is 0 Å². The highest BCUT2D eigenvalue weighted by Gasteiger charge is 2.30. The van der Waals surface area contributed by atoms with Crippen LogP contribution in [0.2, 0.25) is 0 Å². The lowest BCUT2D eigenvalue weighted by Gasteiger charge is -2.12. The summed E-state index contributed by atoms with van der Waals surface area (Å²) >= 11 is 9.65. The lowest BCUT2D eigenvalue weighted by molar-refractivity contribution is -0.147. The van der Waals surface area contributed by atoms with E-state index in [1.807, 2.05) is 12.5 Å². The smallest absolute Gasteiger partial charge is 0.394 e. The summed E-state index contributed by atoms with van der Waals surface area (Å²) in [6, 6.07) is 3.06. The van der Waals surface area contributed by atoms with Gasteiger partial charge in [0.25, 0.3) is 0 Å². The van der Waals surface area contributed by atoms with Crippen molar-refractivity contribution in [1.82, 2.24) is 0 Å². The third kappa shape index (κ3) is 5.11. The van der Waals surface area contributed by atoms with Gasteiger partial charge in [0.2, 0.25) is 0 Å². The zero-order chi connectivity index (χ0) is 22.0. The Hall–Kier alpha value is -1.32. The van der Waals surface area contributed by atoms with E-state index in [1.165, 1.54) is 44.1 Å². The second-order valence-electron chi connectivity index (χ2n) is 5.33. The Morgan fingerprint density at radius 2 is 1.10 bits per heavy atom. The quantitative estimate of drug-likeness (QED) is 0.420. The number of fused-ring (bicyclic) bond motifs is 1. The predicted molar refractivity (Wildman–Crippen MR) is 127 cm³/mol. The summed E-state index contributed by atoms with van der Waals surface area (Å²) in [5.74, 6) is -5.99. The number of thioether (sulfide) groups is 6. The number of aliphatic carboxylic acids is 2. The number of nitrogens with one attached hydrogen (secondary N) is 2. The van der Waals surface area contributed by atoms with E-state index in [0.717, 1.165) is 18.3 Å². The monoisotopic (exact) mass is 520 g/mol. The summed E-state index contributed by atoms with van der Waals surface area (Å²) in [5.41, 5.74) is 0.0177. The highest BCUT2D eigenvalue weighted by atomic mass is 32.3. The van der Waals surface area contributed by atoms with Gasteiger partial charge in [-0.05, 0) is 24.6 Å². The molecule has 0 bridgehead atoms. The highest BCUT2D eigenvalue weighted by Crippen LogP contribution is 2.64. The minimum atomic E-state index is -1.70. The molecule has 4 N–H and O–H groups in total. The summed E-state index contributed by atoms with van der Waals surface area (Å²) in [4.78, 5) is 46.6. The number of hydrogen-bond donors (Lipinski definition) is 4. The summed E-state index contributed by atoms with van der Waals surface area (Å²) in [5, 5.41) is 22.1. The minimum Gasteiger partial charge on any atom is -0.474 e. The largest absolute Gasteiger partial charge is 0.474 e. The van der Waals surface area contributed by atoms with Crippen LogP contribution in [0.1, 0.15) is 0 Å². The molecule has 0 spiro atoms. The SMILES string of the molecule is CSC1=C(SC)SC(=C2Sc3cc(NC(=O)C(=O)O)c(NC(=O)C(=O)O)cc3S2)S1. The van der Waals surface area contributed by atoms with Gasteiger partial charge in [-0.2, -0.15) is 0 Å². The molecule has 3 rings (SSSR count). The summed E-state index contributed by atoms with van der Waals surface area (Å²) in [6.45, 7) is 0. The Morgan fingerprint density at radius 3 is 1.43 bits per heavy atom. The van der Waals surface area contributed by atoms with Crippen LogP contribution >= 0.6 is 70.6 Å². The molecule has 2 amide bonds. The number of benzene rings is 1. The van der Waals surface area contributed by atoms with Gasteiger partial charge >= 0.3 is 23.8 Å². The topological polar surface area (TPSA) is 133 Å². The van der Waals surface area contributed by atoms with Crippen LogP contribution in [-0.2, 0) is 19.2 Å². The average molecular weight is 521 g/mol. The molecule has 1 aromatic carbocycles. The maximum absolute atomic E-state index is 11.6. The van der Waals surface area contributed by atoms with Crippen LogP contribution in [-0.4, -0.2) is 46.5 Å². The second kappa shape index (κ2) is 9.87. The van der Waals surface area contributed by atoms with Gasteiger partial charge in [-0.3, -0.25) is 9.59 Å². The fourth-order valence-corrected chi connectivity index (χ4v) is 10.0. The van der Waals surface area contributed by atoms with Crippen molar-refractivity contribution < 1.29 is 29.4 Å². The van der Waals surface area contributed by atoms with Crippen molar-refractivity contribution in [3.05, 3.63) is 29.1 Å². The fourth-order valence-electron chi connectivity index (χ4n) is 2.19. The van der Waals surface area contributed by atoms with Gasteiger partial charge in [0.05, 0.1) is 28.3 Å². The zero-order valence-electron chi connectivity index (χ0n) is 15.1. The molecule has 30 heavy (non-hydrogen) atoms. The van der Waals surface area contributed by atoms with E-state index in [9.17, 15) is 19.2 Å². The molecule has 8 nitrogen and oxygen atoms in total. The molecule has 0 radical (unpaired) electrons. The first kappa shape index (κ1) is 23.3. The lowest BCUT2D eigenvalue weighted by Crippen LogP contribution is -2.25. The predicted octanol–water partition coefficient (Wildman–Crippen LogP) is 4.39.